The molecule has 0 aromatic heterocycles. The van der Waals surface area contributed by atoms with E-state index in [1.807, 2.05) is 0 Å². The zero-order valence-electron chi connectivity index (χ0n) is 10.4. The van der Waals surface area contributed by atoms with E-state index in [0.717, 1.165) is 0 Å². The highest BCUT2D eigenvalue weighted by Gasteiger charge is 2.27. The maximum absolute atomic E-state index is 11.8. The molecule has 0 saturated heterocycles. The van der Waals surface area contributed by atoms with Gasteiger partial charge in [-0.05, 0) is 19.1 Å². The van der Waals surface area contributed by atoms with Gasteiger partial charge in [-0.3, -0.25) is 14.9 Å². The Morgan fingerprint density at radius 3 is 2.60 bits per heavy atom. The van der Waals surface area contributed by atoms with Crippen molar-refractivity contribution in [3.63, 3.8) is 0 Å². The normalized spacial score (nSPS) is 11.0. The summed E-state index contributed by atoms with van der Waals surface area (Å²) in [7, 11) is 0. The van der Waals surface area contributed by atoms with Crippen molar-refractivity contribution in [1.82, 2.24) is 5.32 Å². The average molecular weight is 292 g/mol. The summed E-state index contributed by atoms with van der Waals surface area (Å²) in [6, 6.07) is 3.79. The van der Waals surface area contributed by atoms with E-state index >= 15 is 0 Å². The lowest BCUT2D eigenvalue weighted by Crippen LogP contribution is -2.36. The van der Waals surface area contributed by atoms with Crippen LogP contribution in [0.1, 0.15) is 5.56 Å². The average Bonchev–Trinajstić information content (AvgIpc) is 2.32. The number of carbonyl (C=O) groups is 1. The Hall–Kier alpha value is -2.32. The van der Waals surface area contributed by atoms with Crippen molar-refractivity contribution in [3.05, 3.63) is 33.9 Å². The molecule has 0 atom stereocenters. The van der Waals surface area contributed by atoms with Crippen LogP contribution in [0.5, 0.6) is 5.75 Å². The van der Waals surface area contributed by atoms with Crippen LogP contribution >= 0.6 is 0 Å². The molecule has 1 aromatic rings. The number of nitrogens with zero attached hydrogens (tertiary/aromatic N) is 1. The summed E-state index contributed by atoms with van der Waals surface area (Å²) < 4.78 is 40.4. The Kier molecular flexibility index (Phi) is 4.89. The molecule has 0 aliphatic carbocycles. The van der Waals surface area contributed by atoms with Crippen LogP contribution < -0.4 is 10.1 Å². The lowest BCUT2D eigenvalue weighted by molar-refractivity contribution is -0.385. The number of nitro benzene ring substituents is 1. The van der Waals surface area contributed by atoms with Crippen LogP contribution in [-0.2, 0) is 4.79 Å². The molecule has 0 aliphatic heterocycles. The van der Waals surface area contributed by atoms with Crippen LogP contribution in [0.25, 0.3) is 0 Å². The summed E-state index contributed by atoms with van der Waals surface area (Å²) in [5, 5.41) is 12.2. The lowest BCUT2D eigenvalue weighted by Gasteiger charge is -2.09. The standard InChI is InChI=1S/C11H11F3N2O4/c1-7-4-8(2-3-9(7)16(18)19)20-5-10(17)15-6-11(12,13)14/h2-4H,5-6H2,1H3,(H,15,17). The van der Waals surface area contributed by atoms with E-state index in [0.29, 0.717) is 5.56 Å². The van der Waals surface area contributed by atoms with Gasteiger partial charge in [0.25, 0.3) is 11.6 Å². The predicted octanol–water partition coefficient (Wildman–Crippen LogP) is 1.96. The second-order valence-electron chi connectivity index (χ2n) is 3.89. The van der Waals surface area contributed by atoms with Crippen LogP contribution in [0, 0.1) is 17.0 Å². The van der Waals surface area contributed by atoms with Gasteiger partial charge < -0.3 is 10.1 Å². The first-order valence-corrected chi connectivity index (χ1v) is 5.40. The van der Waals surface area contributed by atoms with Gasteiger partial charge in [-0.25, -0.2) is 0 Å². The minimum absolute atomic E-state index is 0.112. The molecule has 0 spiro atoms. The molecule has 0 unspecified atom stereocenters. The highest BCUT2D eigenvalue weighted by atomic mass is 19.4. The van der Waals surface area contributed by atoms with E-state index in [4.69, 9.17) is 4.74 Å². The van der Waals surface area contributed by atoms with Crippen molar-refractivity contribution >= 4 is 11.6 Å². The number of hydrogen-bond acceptors (Lipinski definition) is 4. The number of rotatable bonds is 5. The van der Waals surface area contributed by atoms with E-state index in [9.17, 15) is 28.1 Å². The molecule has 1 N–H and O–H groups in total. The fourth-order valence-electron chi connectivity index (χ4n) is 1.32. The molecule has 0 aliphatic rings. The highest BCUT2D eigenvalue weighted by Crippen LogP contribution is 2.22. The zero-order valence-corrected chi connectivity index (χ0v) is 10.4. The monoisotopic (exact) mass is 292 g/mol. The molecule has 9 heteroatoms. The summed E-state index contributed by atoms with van der Waals surface area (Å²) >= 11 is 0. The molecule has 1 rings (SSSR count). The van der Waals surface area contributed by atoms with Gasteiger partial charge in [0.05, 0.1) is 4.92 Å². The van der Waals surface area contributed by atoms with Gasteiger partial charge in [0.2, 0.25) is 0 Å². The third-order valence-corrected chi connectivity index (χ3v) is 2.22. The van der Waals surface area contributed by atoms with Crippen molar-refractivity contribution < 1.29 is 27.6 Å². The van der Waals surface area contributed by atoms with Gasteiger partial charge in [-0.15, -0.1) is 0 Å². The van der Waals surface area contributed by atoms with Gasteiger partial charge in [0.15, 0.2) is 6.61 Å². The molecule has 1 aromatic carbocycles. The van der Waals surface area contributed by atoms with Crippen LogP contribution in [0.15, 0.2) is 18.2 Å². The minimum Gasteiger partial charge on any atom is -0.484 e. The minimum atomic E-state index is -4.49. The van der Waals surface area contributed by atoms with Crippen molar-refractivity contribution in [3.8, 4) is 5.75 Å². The highest BCUT2D eigenvalue weighted by molar-refractivity contribution is 5.77. The predicted molar refractivity (Wildman–Crippen MR) is 62.4 cm³/mol. The Balaban J connectivity index is 2.52. The molecule has 110 valence electrons. The van der Waals surface area contributed by atoms with E-state index < -0.39 is 30.2 Å². The Bertz CT molecular complexity index is 517. The SMILES string of the molecule is Cc1cc(OCC(=O)NCC(F)(F)F)ccc1[N+](=O)[O-]. The fraction of sp³-hybridized carbons (Fsp3) is 0.364. The molecular weight excluding hydrogens is 281 g/mol. The van der Waals surface area contributed by atoms with Crippen molar-refractivity contribution in [2.45, 2.75) is 13.1 Å². The number of nitro groups is 1. The van der Waals surface area contributed by atoms with Gasteiger partial charge in [0, 0.05) is 11.6 Å². The maximum Gasteiger partial charge on any atom is 0.405 e. The van der Waals surface area contributed by atoms with E-state index in [-0.39, 0.29) is 11.4 Å². The second-order valence-corrected chi connectivity index (χ2v) is 3.89. The van der Waals surface area contributed by atoms with E-state index in [1.54, 1.807) is 5.32 Å². The van der Waals surface area contributed by atoms with Gasteiger partial charge in [-0.2, -0.15) is 13.2 Å². The van der Waals surface area contributed by atoms with Crippen LogP contribution in [0.4, 0.5) is 18.9 Å². The first-order chi connectivity index (χ1) is 9.19. The summed E-state index contributed by atoms with van der Waals surface area (Å²) in [6.07, 6.45) is -4.49. The molecule has 0 bridgehead atoms. The largest absolute Gasteiger partial charge is 0.484 e. The molecule has 20 heavy (non-hydrogen) atoms. The number of aryl methyl sites for hydroxylation is 1. The summed E-state index contributed by atoms with van der Waals surface area (Å²) in [4.78, 5) is 21.1. The lowest BCUT2D eigenvalue weighted by atomic mass is 10.2. The van der Waals surface area contributed by atoms with Crippen LogP contribution in [0.2, 0.25) is 0 Å². The number of ether oxygens (including phenoxy) is 1. The molecule has 1 amide bonds. The van der Waals surface area contributed by atoms with Crippen molar-refractivity contribution in [2.75, 3.05) is 13.2 Å². The van der Waals surface area contributed by atoms with Crippen LogP contribution in [-0.4, -0.2) is 30.2 Å². The quantitative estimate of drug-likeness (QED) is 0.664. The van der Waals surface area contributed by atoms with Gasteiger partial charge in [-0.1, -0.05) is 0 Å². The number of halogens is 3. The first kappa shape index (κ1) is 15.7. The van der Waals surface area contributed by atoms with Crippen molar-refractivity contribution in [1.29, 1.82) is 0 Å². The molecule has 6 nitrogen and oxygen atoms in total. The van der Waals surface area contributed by atoms with Gasteiger partial charge >= 0.3 is 6.18 Å². The Labute approximate surface area is 111 Å². The van der Waals surface area contributed by atoms with Gasteiger partial charge in [0.1, 0.15) is 12.3 Å². The topological polar surface area (TPSA) is 81.5 Å². The number of amides is 1. The smallest absolute Gasteiger partial charge is 0.405 e. The number of carbonyl (C=O) groups excluding carboxylic acids is 1. The zero-order chi connectivity index (χ0) is 15.3. The molecule has 0 heterocycles. The van der Waals surface area contributed by atoms with E-state index in [2.05, 4.69) is 0 Å². The summed E-state index contributed by atoms with van der Waals surface area (Å²) in [5.41, 5.74) is 0.210. The number of benzene rings is 1. The summed E-state index contributed by atoms with van der Waals surface area (Å²) in [6.45, 7) is -0.559. The molecule has 0 fully saturated rings. The Morgan fingerprint density at radius 1 is 1.45 bits per heavy atom. The second kappa shape index (κ2) is 6.22. The third kappa shape index (κ3) is 5.12. The summed E-state index contributed by atoms with van der Waals surface area (Å²) in [5.74, 6) is -0.770. The molecule has 0 radical (unpaired) electrons. The van der Waals surface area contributed by atoms with E-state index in [1.165, 1.54) is 25.1 Å². The fourth-order valence-corrected chi connectivity index (χ4v) is 1.32. The third-order valence-electron chi connectivity index (χ3n) is 2.22. The number of alkyl halides is 3. The Morgan fingerprint density at radius 2 is 2.10 bits per heavy atom. The maximum atomic E-state index is 11.8. The number of nitrogens with one attached hydrogen (secondary N) is 1. The number of hydrogen-bond donors (Lipinski definition) is 1. The van der Waals surface area contributed by atoms with Crippen LogP contribution in [0.3, 0.4) is 0 Å². The first-order valence-electron chi connectivity index (χ1n) is 5.40. The molecular formula is C11H11F3N2O4. The molecule has 0 saturated carbocycles. The van der Waals surface area contributed by atoms with Crippen molar-refractivity contribution in [2.24, 2.45) is 0 Å².